The molecule has 20 heavy (non-hydrogen) atoms. The topological polar surface area (TPSA) is 55.9 Å². The van der Waals surface area contributed by atoms with Crippen LogP contribution in [0.1, 0.15) is 17.3 Å². The van der Waals surface area contributed by atoms with Gasteiger partial charge in [0.15, 0.2) is 11.6 Å². The third kappa shape index (κ3) is 3.89. The summed E-state index contributed by atoms with van der Waals surface area (Å²) in [5.74, 6) is -5.94. The molecule has 1 aromatic carbocycles. The first-order valence-electron chi connectivity index (χ1n) is 4.99. The second kappa shape index (κ2) is 5.83. The maximum absolute atomic E-state index is 13.1. The Kier molecular flexibility index (Phi) is 4.61. The van der Waals surface area contributed by atoms with Crippen molar-refractivity contribution in [1.82, 2.24) is 4.91 Å². The van der Waals surface area contributed by atoms with Crippen molar-refractivity contribution in [2.24, 2.45) is 10.2 Å². The van der Waals surface area contributed by atoms with Crippen LogP contribution < -0.4 is 4.91 Å². The van der Waals surface area contributed by atoms with Crippen LogP contribution in [-0.4, -0.2) is 18.1 Å². The van der Waals surface area contributed by atoms with Crippen LogP contribution in [0.25, 0.3) is 0 Å². The van der Waals surface area contributed by atoms with Crippen LogP contribution >= 0.6 is 0 Å². The molecule has 0 aliphatic heterocycles. The fraction of sp³-hybridized carbons (Fsp3) is 0.300. The van der Waals surface area contributed by atoms with E-state index < -0.39 is 41.1 Å². The molecule has 0 unspecified atom stereocenters. The lowest BCUT2D eigenvalue weighted by atomic mass is 10.2. The van der Waals surface area contributed by atoms with Crippen molar-refractivity contribution in [3.05, 3.63) is 35.1 Å². The average molecular weight is 298 g/mol. The maximum atomic E-state index is 13.1. The first-order valence-corrected chi connectivity index (χ1v) is 4.99. The number of carbonyl (C=O) groups excluding carboxylic acids is 1. The van der Waals surface area contributed by atoms with E-state index in [-0.39, 0.29) is 12.1 Å². The number of halogens is 6. The lowest BCUT2D eigenvalue weighted by Crippen LogP contribution is -2.23. The molecule has 0 saturated heterocycles. The van der Waals surface area contributed by atoms with Crippen LogP contribution in [-0.2, 0) is 0 Å². The predicted octanol–water partition coefficient (Wildman–Crippen LogP) is 3.17. The quantitative estimate of drug-likeness (QED) is 0.358. The van der Waals surface area contributed by atoms with Crippen molar-refractivity contribution >= 4 is 5.91 Å². The molecule has 0 heterocycles. The lowest BCUT2D eigenvalue weighted by Gasteiger charge is -2.02. The van der Waals surface area contributed by atoms with Gasteiger partial charge in [0.2, 0.25) is 16.1 Å². The van der Waals surface area contributed by atoms with Gasteiger partial charge in [-0.3, -0.25) is 4.79 Å². The Morgan fingerprint density at radius 3 is 2.25 bits per heavy atom. The molecule has 10 heteroatoms. The van der Waals surface area contributed by atoms with Crippen molar-refractivity contribution in [2.45, 2.75) is 19.1 Å². The molecule has 1 aromatic rings. The fourth-order valence-corrected chi connectivity index (χ4v) is 0.950. The van der Waals surface area contributed by atoms with Gasteiger partial charge in [-0.2, -0.15) is 13.2 Å². The fourth-order valence-electron chi connectivity index (χ4n) is 0.950. The van der Waals surface area contributed by atoms with Crippen LogP contribution in [0.5, 0.6) is 0 Å². The second-order valence-electron chi connectivity index (χ2n) is 3.57. The summed E-state index contributed by atoms with van der Waals surface area (Å²) in [4.78, 5) is 13.8. The third-order valence-corrected chi connectivity index (χ3v) is 2.07. The first-order chi connectivity index (χ1) is 9.12. The van der Waals surface area contributed by atoms with Gasteiger partial charge in [-0.1, -0.05) is 0 Å². The van der Waals surface area contributed by atoms with E-state index in [0.717, 1.165) is 0 Å². The van der Waals surface area contributed by atoms with Gasteiger partial charge in [0.1, 0.15) is 10.9 Å². The van der Waals surface area contributed by atoms with Crippen molar-refractivity contribution < 1.29 is 31.1 Å². The Hall–Kier alpha value is -2.22. The largest absolute Gasteiger partial charge is 0.417 e. The number of rotatable bonds is 2. The van der Waals surface area contributed by atoms with Gasteiger partial charge in [0, 0.05) is 6.07 Å². The smallest absolute Gasteiger partial charge is 0.259 e. The minimum atomic E-state index is -4.67. The van der Waals surface area contributed by atoms with Gasteiger partial charge >= 0.3 is 12.1 Å². The van der Waals surface area contributed by atoms with Gasteiger partial charge in [-0.05, 0) is 13.0 Å². The molecule has 0 radical (unpaired) electrons. The summed E-state index contributed by atoms with van der Waals surface area (Å²) in [6, 6.07) is -1.89. The monoisotopic (exact) mass is 298 g/mol. The second-order valence-corrected chi connectivity index (χ2v) is 3.57. The highest BCUT2D eigenvalue weighted by molar-refractivity contribution is 5.94. The van der Waals surface area contributed by atoms with Crippen LogP contribution in [0, 0.1) is 17.5 Å². The van der Waals surface area contributed by atoms with E-state index in [1.54, 1.807) is 0 Å². The number of carbonyl (C=O) groups is 1. The van der Waals surface area contributed by atoms with E-state index in [0.29, 0.717) is 6.92 Å². The van der Waals surface area contributed by atoms with E-state index in [1.807, 2.05) is 0 Å². The van der Waals surface area contributed by atoms with Gasteiger partial charge in [-0.25, -0.2) is 13.2 Å². The molecule has 0 spiro atoms. The molecule has 0 aromatic heterocycles. The Balaban J connectivity index is 2.98. The van der Waals surface area contributed by atoms with Gasteiger partial charge in [-0.15, -0.1) is 0 Å². The first kappa shape index (κ1) is 15.8. The summed E-state index contributed by atoms with van der Waals surface area (Å²) < 4.78 is 74.6. The van der Waals surface area contributed by atoms with Crippen LogP contribution in [0.2, 0.25) is 0 Å². The summed E-state index contributed by atoms with van der Waals surface area (Å²) in [5.41, 5.74) is -0.970. The van der Waals surface area contributed by atoms with Crippen LogP contribution in [0.15, 0.2) is 22.4 Å². The number of hydrogen-bond donors (Lipinski definition) is 0. The third-order valence-electron chi connectivity index (χ3n) is 2.07. The normalized spacial score (nSPS) is 12.6. The van der Waals surface area contributed by atoms with Crippen molar-refractivity contribution in [1.29, 1.82) is 0 Å². The molecule has 0 saturated carbocycles. The SMILES string of the molecule is C[C@H](N=[N+]=NC(=O)c1cc(F)c(F)cc1F)C(F)(F)F. The number of amides is 1. The zero-order valence-corrected chi connectivity index (χ0v) is 9.75. The molecular weight excluding hydrogens is 292 g/mol. The Bertz CT molecular complexity index is 591. The Morgan fingerprint density at radius 2 is 1.70 bits per heavy atom. The van der Waals surface area contributed by atoms with E-state index >= 15 is 0 Å². The average Bonchev–Trinajstić information content (AvgIpc) is 2.32. The van der Waals surface area contributed by atoms with Gasteiger partial charge in [0.25, 0.3) is 0 Å². The van der Waals surface area contributed by atoms with E-state index in [9.17, 15) is 31.1 Å². The van der Waals surface area contributed by atoms with E-state index in [1.165, 1.54) is 0 Å². The van der Waals surface area contributed by atoms with Crippen molar-refractivity contribution in [3.8, 4) is 0 Å². The molecule has 0 aliphatic rings. The number of nitrogens with zero attached hydrogens (tertiary/aromatic N) is 3. The minimum Gasteiger partial charge on any atom is -0.259 e. The van der Waals surface area contributed by atoms with E-state index in [2.05, 4.69) is 15.1 Å². The summed E-state index contributed by atoms with van der Waals surface area (Å²) >= 11 is 0. The molecule has 0 aliphatic carbocycles. The zero-order chi connectivity index (χ0) is 15.5. The van der Waals surface area contributed by atoms with Gasteiger partial charge < -0.3 is 0 Å². The number of alkyl halides is 3. The van der Waals surface area contributed by atoms with Crippen LogP contribution in [0.3, 0.4) is 0 Å². The highest BCUT2D eigenvalue weighted by atomic mass is 19.4. The molecule has 0 N–H and O–H groups in total. The Morgan fingerprint density at radius 1 is 1.15 bits per heavy atom. The maximum Gasteiger partial charge on any atom is 0.417 e. The molecule has 1 atom stereocenters. The van der Waals surface area contributed by atoms with Crippen LogP contribution in [0.4, 0.5) is 26.3 Å². The molecule has 0 bridgehead atoms. The van der Waals surface area contributed by atoms with Crippen molar-refractivity contribution in [2.75, 3.05) is 0 Å². The number of benzene rings is 1. The molecule has 1 rings (SSSR count). The molecular formula is C10H6F6N3O+. The molecule has 108 valence electrons. The van der Waals surface area contributed by atoms with Crippen molar-refractivity contribution in [3.63, 3.8) is 0 Å². The highest BCUT2D eigenvalue weighted by Crippen LogP contribution is 2.21. The lowest BCUT2D eigenvalue weighted by molar-refractivity contribution is -0.144. The number of hydrogen-bond acceptors (Lipinski definition) is 2. The summed E-state index contributed by atoms with van der Waals surface area (Å²) in [6.45, 7) is 0.654. The predicted molar refractivity (Wildman–Crippen MR) is 53.2 cm³/mol. The summed E-state index contributed by atoms with van der Waals surface area (Å²) in [7, 11) is 0. The minimum absolute atomic E-state index is 0.105. The van der Waals surface area contributed by atoms with Gasteiger partial charge in [0.05, 0.1) is 5.56 Å². The molecule has 1 amide bonds. The highest BCUT2D eigenvalue weighted by Gasteiger charge is 2.40. The zero-order valence-electron chi connectivity index (χ0n) is 9.75. The molecule has 4 nitrogen and oxygen atoms in total. The summed E-state index contributed by atoms with van der Waals surface area (Å²) in [6.07, 6.45) is -4.67. The molecule has 0 fully saturated rings. The summed E-state index contributed by atoms with van der Waals surface area (Å²) in [5, 5.41) is 5.32. The standard InChI is InChI=1S/C10H6F6N3O/c1-4(10(14,15)16)17-19-18-9(20)5-2-7(12)8(13)3-6(5)11/h2-4H,1H3/q+1/t4-/m0/s1. The Labute approximate surface area is 107 Å². The van der Waals surface area contributed by atoms with E-state index in [4.69, 9.17) is 0 Å².